The molecule has 0 heterocycles. The number of anilines is 3. The summed E-state index contributed by atoms with van der Waals surface area (Å²) in [5, 5.41) is 14.5. The lowest BCUT2D eigenvalue weighted by molar-refractivity contribution is -0.114. The number of amides is 1. The van der Waals surface area contributed by atoms with E-state index in [-0.39, 0.29) is 23.1 Å². The van der Waals surface area contributed by atoms with Gasteiger partial charge < -0.3 is 20.1 Å². The summed E-state index contributed by atoms with van der Waals surface area (Å²) in [6, 6.07) is 19.5. The SMILES string of the molecule is CCOc1ccc(NS(=O)(=O)c2cc(NC(=O)CNc3ccc(C#N)cc3)ccc2OC)cc1. The molecule has 0 saturated heterocycles. The molecule has 3 rings (SSSR count). The number of hydrogen-bond donors (Lipinski definition) is 3. The monoisotopic (exact) mass is 480 g/mol. The van der Waals surface area contributed by atoms with Gasteiger partial charge in [0.2, 0.25) is 5.91 Å². The van der Waals surface area contributed by atoms with E-state index >= 15 is 0 Å². The smallest absolute Gasteiger partial charge is 0.265 e. The number of benzene rings is 3. The molecule has 0 atom stereocenters. The minimum atomic E-state index is -4.01. The zero-order valence-electron chi connectivity index (χ0n) is 18.7. The van der Waals surface area contributed by atoms with E-state index in [1.54, 1.807) is 54.6 Å². The molecule has 3 aromatic rings. The summed E-state index contributed by atoms with van der Waals surface area (Å²) in [6.07, 6.45) is 0. The number of sulfonamides is 1. The van der Waals surface area contributed by atoms with Gasteiger partial charge in [-0.1, -0.05) is 0 Å². The number of nitrogens with one attached hydrogen (secondary N) is 3. The predicted molar refractivity (Wildman–Crippen MR) is 130 cm³/mol. The van der Waals surface area contributed by atoms with Gasteiger partial charge in [-0.05, 0) is 73.7 Å². The molecule has 0 aromatic heterocycles. The molecule has 0 bridgehead atoms. The molecule has 10 heteroatoms. The highest BCUT2D eigenvalue weighted by atomic mass is 32.2. The topological polar surface area (TPSA) is 130 Å². The van der Waals surface area contributed by atoms with Crippen molar-refractivity contribution in [3.05, 3.63) is 72.3 Å². The molecular formula is C24H24N4O5S. The average Bonchev–Trinajstić information content (AvgIpc) is 2.84. The second-order valence-corrected chi connectivity index (χ2v) is 8.67. The summed E-state index contributed by atoms with van der Waals surface area (Å²) in [4.78, 5) is 12.2. The van der Waals surface area contributed by atoms with Crippen molar-refractivity contribution in [3.63, 3.8) is 0 Å². The number of hydrogen-bond acceptors (Lipinski definition) is 7. The zero-order valence-corrected chi connectivity index (χ0v) is 19.5. The molecule has 176 valence electrons. The first kappa shape index (κ1) is 24.4. The number of carbonyl (C=O) groups excluding carboxylic acids is 1. The highest BCUT2D eigenvalue weighted by Gasteiger charge is 2.21. The van der Waals surface area contributed by atoms with E-state index < -0.39 is 10.0 Å². The molecule has 34 heavy (non-hydrogen) atoms. The number of methoxy groups -OCH3 is 1. The van der Waals surface area contributed by atoms with Crippen LogP contribution in [0, 0.1) is 11.3 Å². The van der Waals surface area contributed by atoms with Gasteiger partial charge in [0, 0.05) is 17.1 Å². The van der Waals surface area contributed by atoms with E-state index in [0.29, 0.717) is 35.0 Å². The van der Waals surface area contributed by atoms with Gasteiger partial charge in [0.05, 0.1) is 31.9 Å². The van der Waals surface area contributed by atoms with E-state index in [1.807, 2.05) is 13.0 Å². The Morgan fingerprint density at radius 1 is 0.971 bits per heavy atom. The summed E-state index contributed by atoms with van der Waals surface area (Å²) in [5.74, 6) is 0.381. The lowest BCUT2D eigenvalue weighted by Crippen LogP contribution is -2.22. The summed E-state index contributed by atoms with van der Waals surface area (Å²) in [7, 11) is -2.64. The lowest BCUT2D eigenvalue weighted by Gasteiger charge is -2.14. The normalized spacial score (nSPS) is 10.6. The molecule has 0 aliphatic carbocycles. The second-order valence-electron chi connectivity index (χ2n) is 7.02. The highest BCUT2D eigenvalue weighted by Crippen LogP contribution is 2.29. The van der Waals surface area contributed by atoms with Crippen LogP contribution >= 0.6 is 0 Å². The van der Waals surface area contributed by atoms with Crippen molar-refractivity contribution in [2.24, 2.45) is 0 Å². The third-order valence-electron chi connectivity index (χ3n) is 4.62. The van der Waals surface area contributed by atoms with Gasteiger partial charge in [-0.15, -0.1) is 0 Å². The Morgan fingerprint density at radius 2 is 1.62 bits per heavy atom. The molecule has 0 aliphatic heterocycles. The van der Waals surface area contributed by atoms with Gasteiger partial charge in [0.1, 0.15) is 16.4 Å². The fraction of sp³-hybridized carbons (Fsp3) is 0.167. The molecule has 9 nitrogen and oxygen atoms in total. The van der Waals surface area contributed by atoms with Gasteiger partial charge in [-0.25, -0.2) is 8.42 Å². The maximum atomic E-state index is 13.0. The first-order valence-corrected chi connectivity index (χ1v) is 11.8. The van der Waals surface area contributed by atoms with Crippen LogP contribution in [0.15, 0.2) is 71.6 Å². The number of rotatable bonds is 10. The van der Waals surface area contributed by atoms with E-state index in [1.165, 1.54) is 19.2 Å². The molecule has 0 aliphatic rings. The maximum absolute atomic E-state index is 13.0. The van der Waals surface area contributed by atoms with Crippen LogP contribution in [-0.2, 0) is 14.8 Å². The predicted octanol–water partition coefficient (Wildman–Crippen LogP) is 3.82. The van der Waals surface area contributed by atoms with Crippen molar-refractivity contribution in [1.82, 2.24) is 0 Å². The van der Waals surface area contributed by atoms with Crippen LogP contribution in [0.5, 0.6) is 11.5 Å². The first-order valence-electron chi connectivity index (χ1n) is 10.3. The van der Waals surface area contributed by atoms with E-state index in [4.69, 9.17) is 14.7 Å². The Hall–Kier alpha value is -4.23. The third kappa shape index (κ3) is 6.40. The van der Waals surface area contributed by atoms with Crippen LogP contribution in [0.4, 0.5) is 17.1 Å². The molecule has 0 saturated carbocycles. The Labute approximate surface area is 198 Å². The number of carbonyl (C=O) groups is 1. The van der Waals surface area contributed by atoms with Crippen LogP contribution in [0.1, 0.15) is 12.5 Å². The van der Waals surface area contributed by atoms with Crippen LogP contribution in [0.25, 0.3) is 0 Å². The average molecular weight is 481 g/mol. The zero-order chi connectivity index (χ0) is 24.6. The first-order chi connectivity index (χ1) is 16.3. The Morgan fingerprint density at radius 3 is 2.24 bits per heavy atom. The van der Waals surface area contributed by atoms with Crippen LogP contribution < -0.4 is 24.8 Å². The van der Waals surface area contributed by atoms with Gasteiger partial charge >= 0.3 is 0 Å². The molecule has 3 aromatic carbocycles. The molecule has 0 fully saturated rings. The molecule has 0 radical (unpaired) electrons. The van der Waals surface area contributed by atoms with Crippen molar-refractivity contribution in [1.29, 1.82) is 5.26 Å². The fourth-order valence-corrected chi connectivity index (χ4v) is 4.27. The van der Waals surface area contributed by atoms with Crippen LogP contribution in [0.2, 0.25) is 0 Å². The summed E-state index contributed by atoms with van der Waals surface area (Å²) in [5.41, 5.74) is 1.83. The van der Waals surface area contributed by atoms with Gasteiger partial charge in [0.25, 0.3) is 10.0 Å². The lowest BCUT2D eigenvalue weighted by atomic mass is 10.2. The Kier molecular flexibility index (Phi) is 7.95. The van der Waals surface area contributed by atoms with Crippen molar-refractivity contribution >= 4 is 33.0 Å². The van der Waals surface area contributed by atoms with E-state index in [2.05, 4.69) is 15.4 Å². The minimum absolute atomic E-state index is 0.0511. The van der Waals surface area contributed by atoms with Crippen LogP contribution in [-0.4, -0.2) is 34.6 Å². The molecule has 3 N–H and O–H groups in total. The minimum Gasteiger partial charge on any atom is -0.495 e. The maximum Gasteiger partial charge on any atom is 0.265 e. The molecule has 1 amide bonds. The van der Waals surface area contributed by atoms with Crippen molar-refractivity contribution in [3.8, 4) is 17.6 Å². The van der Waals surface area contributed by atoms with Crippen LogP contribution in [0.3, 0.4) is 0 Å². The van der Waals surface area contributed by atoms with Crippen molar-refractivity contribution in [2.75, 3.05) is 35.6 Å². The fourth-order valence-electron chi connectivity index (χ4n) is 3.01. The van der Waals surface area contributed by atoms with Gasteiger partial charge in [-0.2, -0.15) is 5.26 Å². The second kappa shape index (κ2) is 11.1. The quantitative estimate of drug-likeness (QED) is 0.402. The molecule has 0 unspecified atom stereocenters. The van der Waals surface area contributed by atoms with Gasteiger partial charge in [0.15, 0.2) is 0 Å². The molecule has 0 spiro atoms. The largest absolute Gasteiger partial charge is 0.495 e. The molecular weight excluding hydrogens is 456 g/mol. The summed E-state index contributed by atoms with van der Waals surface area (Å²) < 4.78 is 39.1. The van der Waals surface area contributed by atoms with E-state index in [0.717, 1.165) is 0 Å². The number of nitriles is 1. The number of ether oxygens (including phenoxy) is 2. The van der Waals surface area contributed by atoms with Gasteiger partial charge in [-0.3, -0.25) is 9.52 Å². The third-order valence-corrected chi connectivity index (χ3v) is 6.02. The van der Waals surface area contributed by atoms with E-state index in [9.17, 15) is 13.2 Å². The van der Waals surface area contributed by atoms with Crippen molar-refractivity contribution in [2.45, 2.75) is 11.8 Å². The highest BCUT2D eigenvalue weighted by molar-refractivity contribution is 7.92. The standard InChI is InChI=1S/C24H24N4O5S/c1-3-33-21-11-8-19(9-12-21)28-34(30,31)23-14-20(10-13-22(23)32-2)27-24(29)16-26-18-6-4-17(15-25)5-7-18/h4-14,26,28H,3,16H2,1-2H3,(H,27,29). The van der Waals surface area contributed by atoms with Crippen molar-refractivity contribution < 1.29 is 22.7 Å². The summed E-state index contributed by atoms with van der Waals surface area (Å²) >= 11 is 0. The number of nitrogens with zero attached hydrogens (tertiary/aromatic N) is 1. The summed E-state index contributed by atoms with van der Waals surface area (Å²) in [6.45, 7) is 2.31. The Bertz CT molecular complexity index is 1280. The Balaban J connectivity index is 1.71.